The third kappa shape index (κ3) is 3.64. The largest absolute Gasteiger partial charge is 0.497 e. The highest BCUT2D eigenvalue weighted by Crippen LogP contribution is 2.35. The van der Waals surface area contributed by atoms with E-state index >= 15 is 0 Å². The normalized spacial score (nSPS) is 20.7. The number of rotatable bonds is 7. The second-order valence-electron chi connectivity index (χ2n) is 8.07. The minimum absolute atomic E-state index is 0.228. The van der Waals surface area contributed by atoms with Gasteiger partial charge in [0.2, 0.25) is 0 Å². The molecule has 0 bridgehead atoms. The van der Waals surface area contributed by atoms with Crippen molar-refractivity contribution in [1.82, 2.24) is 15.1 Å². The number of urea groups is 1. The van der Waals surface area contributed by atoms with Gasteiger partial charge in [0, 0.05) is 13.1 Å². The third-order valence-corrected chi connectivity index (χ3v) is 6.43. The summed E-state index contributed by atoms with van der Waals surface area (Å²) in [6, 6.07) is 10.9. The Morgan fingerprint density at radius 1 is 0.969 bits per heavy atom. The molecule has 0 radical (unpaired) electrons. The summed E-state index contributed by atoms with van der Waals surface area (Å²) in [7, 11) is 4.83. The Morgan fingerprint density at radius 3 is 2.22 bits per heavy atom. The molecule has 1 fully saturated rings. The standard InChI is InChI=1S/C24H29N3O5/c1-5-24(18-6-8-19(30-2)9-7-18)22(28)27(23(29)25-24)15-26-11-10-16-12-20(31-3)21(32-4)13-17(16)14-26/h6-9,12-13H,5,10-11,14-15H2,1-4H3,(H,25,29)/t24-/m1/s1. The van der Waals surface area contributed by atoms with E-state index in [0.29, 0.717) is 30.2 Å². The van der Waals surface area contributed by atoms with Crippen molar-refractivity contribution in [2.24, 2.45) is 0 Å². The molecule has 0 spiro atoms. The number of ether oxygens (including phenoxy) is 3. The van der Waals surface area contributed by atoms with Gasteiger partial charge in [0.05, 0.1) is 28.0 Å². The summed E-state index contributed by atoms with van der Waals surface area (Å²) < 4.78 is 16.1. The number of amides is 3. The summed E-state index contributed by atoms with van der Waals surface area (Å²) in [5.41, 5.74) is 1.99. The van der Waals surface area contributed by atoms with E-state index in [0.717, 1.165) is 24.1 Å². The van der Waals surface area contributed by atoms with E-state index in [9.17, 15) is 9.59 Å². The number of fused-ring (bicyclic) bond motifs is 1. The van der Waals surface area contributed by atoms with Gasteiger partial charge >= 0.3 is 6.03 Å². The van der Waals surface area contributed by atoms with E-state index in [1.54, 1.807) is 33.5 Å². The van der Waals surface area contributed by atoms with Gasteiger partial charge in [0.15, 0.2) is 11.5 Å². The topological polar surface area (TPSA) is 80.3 Å². The molecule has 32 heavy (non-hydrogen) atoms. The fourth-order valence-electron chi connectivity index (χ4n) is 4.53. The summed E-state index contributed by atoms with van der Waals surface area (Å²) in [4.78, 5) is 29.8. The Labute approximate surface area is 188 Å². The van der Waals surface area contributed by atoms with E-state index in [1.165, 1.54) is 10.5 Å². The molecule has 0 aliphatic carbocycles. The van der Waals surface area contributed by atoms with Gasteiger partial charge in [-0.25, -0.2) is 9.69 Å². The molecule has 1 saturated heterocycles. The molecule has 0 saturated carbocycles. The van der Waals surface area contributed by atoms with Crippen molar-refractivity contribution >= 4 is 11.9 Å². The number of carbonyl (C=O) groups excluding carboxylic acids is 2. The van der Waals surface area contributed by atoms with Crippen molar-refractivity contribution in [1.29, 1.82) is 0 Å². The lowest BCUT2D eigenvalue weighted by atomic mass is 9.87. The van der Waals surface area contributed by atoms with Gasteiger partial charge in [-0.05, 0) is 53.8 Å². The molecule has 2 heterocycles. The molecule has 1 N–H and O–H groups in total. The molecule has 2 aromatic rings. The van der Waals surface area contributed by atoms with Gasteiger partial charge in [-0.1, -0.05) is 19.1 Å². The molecule has 8 nitrogen and oxygen atoms in total. The minimum atomic E-state index is -1.06. The van der Waals surface area contributed by atoms with Gasteiger partial charge in [-0.3, -0.25) is 9.69 Å². The molecule has 0 unspecified atom stereocenters. The fraction of sp³-hybridized carbons (Fsp3) is 0.417. The number of carbonyl (C=O) groups is 2. The van der Waals surface area contributed by atoms with Crippen LogP contribution in [-0.2, 0) is 23.3 Å². The third-order valence-electron chi connectivity index (χ3n) is 6.43. The molecule has 1 atom stereocenters. The summed E-state index contributed by atoms with van der Waals surface area (Å²) in [5.74, 6) is 1.86. The highest BCUT2D eigenvalue weighted by Gasteiger charge is 2.51. The van der Waals surface area contributed by atoms with Gasteiger partial charge in [0.25, 0.3) is 5.91 Å². The number of benzene rings is 2. The van der Waals surface area contributed by atoms with Crippen LogP contribution in [0.2, 0.25) is 0 Å². The molecule has 8 heteroatoms. The van der Waals surface area contributed by atoms with E-state index < -0.39 is 5.54 Å². The predicted octanol–water partition coefficient (Wildman–Crippen LogP) is 2.89. The van der Waals surface area contributed by atoms with Crippen LogP contribution >= 0.6 is 0 Å². The number of hydrogen-bond acceptors (Lipinski definition) is 6. The summed E-state index contributed by atoms with van der Waals surface area (Å²) in [5, 5.41) is 2.95. The zero-order valence-corrected chi connectivity index (χ0v) is 18.9. The van der Waals surface area contributed by atoms with Crippen LogP contribution in [0.1, 0.15) is 30.0 Å². The maximum atomic E-state index is 13.5. The smallest absolute Gasteiger partial charge is 0.326 e. The van der Waals surface area contributed by atoms with Gasteiger partial charge in [-0.2, -0.15) is 0 Å². The SMILES string of the molecule is CC[C@]1(c2ccc(OC)cc2)NC(=O)N(CN2CCc3cc(OC)c(OC)cc3C2)C1=O. The van der Waals surface area contributed by atoms with Crippen molar-refractivity contribution in [3.05, 3.63) is 53.1 Å². The molecular weight excluding hydrogens is 410 g/mol. The number of nitrogens with zero attached hydrogens (tertiary/aromatic N) is 2. The van der Waals surface area contributed by atoms with Crippen LogP contribution in [0.4, 0.5) is 4.79 Å². The van der Waals surface area contributed by atoms with Crippen LogP contribution < -0.4 is 19.5 Å². The van der Waals surface area contributed by atoms with Gasteiger partial charge in [0.1, 0.15) is 11.3 Å². The quantitative estimate of drug-likeness (QED) is 0.669. The number of nitrogens with one attached hydrogen (secondary N) is 1. The monoisotopic (exact) mass is 439 g/mol. The molecule has 2 aliphatic rings. The van der Waals surface area contributed by atoms with E-state index in [-0.39, 0.29) is 18.6 Å². The van der Waals surface area contributed by atoms with Crippen LogP contribution in [0, 0.1) is 0 Å². The van der Waals surface area contributed by atoms with Crippen molar-refractivity contribution in [2.75, 3.05) is 34.5 Å². The number of imide groups is 1. The zero-order valence-electron chi connectivity index (χ0n) is 18.9. The van der Waals surface area contributed by atoms with Crippen molar-refractivity contribution < 1.29 is 23.8 Å². The lowest BCUT2D eigenvalue weighted by molar-refractivity contribution is -0.133. The van der Waals surface area contributed by atoms with Gasteiger partial charge in [-0.15, -0.1) is 0 Å². The Kier molecular flexibility index (Phi) is 5.97. The second kappa shape index (κ2) is 8.70. The van der Waals surface area contributed by atoms with E-state index in [1.807, 2.05) is 31.2 Å². The van der Waals surface area contributed by atoms with E-state index in [2.05, 4.69) is 10.2 Å². The second-order valence-corrected chi connectivity index (χ2v) is 8.07. The highest BCUT2D eigenvalue weighted by atomic mass is 16.5. The molecule has 2 aromatic carbocycles. The van der Waals surface area contributed by atoms with Crippen molar-refractivity contribution in [3.8, 4) is 17.2 Å². The average Bonchev–Trinajstić information content (AvgIpc) is 3.08. The number of hydrogen-bond donors (Lipinski definition) is 1. The Hall–Kier alpha value is -3.26. The highest BCUT2D eigenvalue weighted by molar-refractivity contribution is 6.07. The Balaban J connectivity index is 1.54. The first-order chi connectivity index (χ1) is 15.4. The molecule has 4 rings (SSSR count). The average molecular weight is 440 g/mol. The van der Waals surface area contributed by atoms with Crippen LogP contribution in [0.25, 0.3) is 0 Å². The maximum absolute atomic E-state index is 13.5. The molecule has 0 aromatic heterocycles. The minimum Gasteiger partial charge on any atom is -0.497 e. The first kappa shape index (κ1) is 22.0. The van der Waals surface area contributed by atoms with Crippen molar-refractivity contribution in [2.45, 2.75) is 31.8 Å². The van der Waals surface area contributed by atoms with Crippen molar-refractivity contribution in [3.63, 3.8) is 0 Å². The number of methoxy groups -OCH3 is 3. The van der Waals surface area contributed by atoms with E-state index in [4.69, 9.17) is 14.2 Å². The molecule has 3 amide bonds. The van der Waals surface area contributed by atoms with Crippen LogP contribution in [-0.4, -0.2) is 56.3 Å². The Bertz CT molecular complexity index is 1020. The lowest BCUT2D eigenvalue weighted by Crippen LogP contribution is -2.46. The molecule has 170 valence electrons. The summed E-state index contributed by atoms with van der Waals surface area (Å²) in [6.07, 6.45) is 1.26. The van der Waals surface area contributed by atoms with Crippen LogP contribution in [0.3, 0.4) is 0 Å². The Morgan fingerprint density at radius 2 is 1.62 bits per heavy atom. The fourth-order valence-corrected chi connectivity index (χ4v) is 4.53. The van der Waals surface area contributed by atoms with Crippen LogP contribution in [0.5, 0.6) is 17.2 Å². The maximum Gasteiger partial charge on any atom is 0.326 e. The molecule has 2 aliphatic heterocycles. The van der Waals surface area contributed by atoms with Crippen LogP contribution in [0.15, 0.2) is 36.4 Å². The lowest BCUT2D eigenvalue weighted by Gasteiger charge is -2.32. The van der Waals surface area contributed by atoms with Gasteiger partial charge < -0.3 is 19.5 Å². The first-order valence-electron chi connectivity index (χ1n) is 10.7. The summed E-state index contributed by atoms with van der Waals surface area (Å²) in [6.45, 7) is 3.49. The zero-order chi connectivity index (χ0) is 22.9. The predicted molar refractivity (Wildman–Crippen MR) is 119 cm³/mol. The first-order valence-corrected chi connectivity index (χ1v) is 10.7. The molecular formula is C24H29N3O5. The summed E-state index contributed by atoms with van der Waals surface area (Å²) >= 11 is 0.